The fourth-order valence-corrected chi connectivity index (χ4v) is 2.12. The lowest BCUT2D eigenvalue weighted by atomic mass is 10.1. The quantitative estimate of drug-likeness (QED) is 0.832. The summed E-state index contributed by atoms with van der Waals surface area (Å²) in [5, 5.41) is 12.3. The smallest absolute Gasteiger partial charge is 0.251 e. The van der Waals surface area contributed by atoms with Crippen LogP contribution in [0.25, 0.3) is 0 Å². The van der Waals surface area contributed by atoms with Gasteiger partial charge in [0.25, 0.3) is 5.91 Å². The van der Waals surface area contributed by atoms with Crippen LogP contribution in [0.5, 0.6) is 0 Å². The molecule has 20 heavy (non-hydrogen) atoms. The molecule has 2 rings (SSSR count). The van der Waals surface area contributed by atoms with Crippen molar-refractivity contribution in [2.75, 3.05) is 6.61 Å². The van der Waals surface area contributed by atoms with Crippen LogP contribution in [0, 0.1) is 0 Å². The zero-order chi connectivity index (χ0) is 14.4. The zero-order valence-corrected chi connectivity index (χ0v) is 11.7. The minimum atomic E-state index is -0.414. The van der Waals surface area contributed by atoms with Crippen molar-refractivity contribution in [3.8, 4) is 0 Å². The summed E-state index contributed by atoms with van der Waals surface area (Å²) in [6.07, 6.45) is 0. The van der Waals surface area contributed by atoms with E-state index in [0.717, 1.165) is 11.1 Å². The highest BCUT2D eigenvalue weighted by Gasteiger charge is 2.14. The first-order valence-electron chi connectivity index (χ1n) is 6.36. The van der Waals surface area contributed by atoms with E-state index in [1.807, 2.05) is 36.4 Å². The summed E-state index contributed by atoms with van der Waals surface area (Å²) < 4.78 is 0. The number of alkyl halides is 1. The van der Waals surface area contributed by atoms with Crippen LogP contribution >= 0.6 is 11.6 Å². The molecule has 2 N–H and O–H groups in total. The van der Waals surface area contributed by atoms with Crippen LogP contribution in [0.15, 0.2) is 54.6 Å². The monoisotopic (exact) mass is 289 g/mol. The van der Waals surface area contributed by atoms with Gasteiger partial charge in [0.2, 0.25) is 0 Å². The fraction of sp³-hybridized carbons (Fsp3) is 0.188. The van der Waals surface area contributed by atoms with Crippen molar-refractivity contribution in [1.29, 1.82) is 0 Å². The molecule has 0 unspecified atom stereocenters. The fourth-order valence-electron chi connectivity index (χ4n) is 1.96. The van der Waals surface area contributed by atoms with Gasteiger partial charge in [-0.15, -0.1) is 11.6 Å². The van der Waals surface area contributed by atoms with Gasteiger partial charge in [0.15, 0.2) is 0 Å². The lowest BCUT2D eigenvalue weighted by Crippen LogP contribution is -2.30. The molecule has 0 saturated heterocycles. The van der Waals surface area contributed by atoms with Crippen molar-refractivity contribution in [2.24, 2.45) is 0 Å². The van der Waals surface area contributed by atoms with E-state index >= 15 is 0 Å². The number of carbonyl (C=O) groups excluding carboxylic acids is 1. The van der Waals surface area contributed by atoms with Gasteiger partial charge in [0.05, 0.1) is 12.6 Å². The van der Waals surface area contributed by atoms with Crippen molar-refractivity contribution in [1.82, 2.24) is 5.32 Å². The molecule has 0 spiro atoms. The van der Waals surface area contributed by atoms with E-state index in [4.69, 9.17) is 11.6 Å². The highest BCUT2D eigenvalue weighted by atomic mass is 35.5. The topological polar surface area (TPSA) is 49.3 Å². The third kappa shape index (κ3) is 3.59. The standard InChI is InChI=1S/C16H16ClNO2/c17-10-12-5-4-8-14(9-12)16(20)18-15(11-19)13-6-2-1-3-7-13/h1-9,15,19H,10-11H2,(H,18,20)/t15-/m1/s1. The van der Waals surface area contributed by atoms with Crippen LogP contribution in [0.4, 0.5) is 0 Å². The van der Waals surface area contributed by atoms with Crippen molar-refractivity contribution in [3.05, 3.63) is 71.3 Å². The SMILES string of the molecule is O=C(N[C@H](CO)c1ccccc1)c1cccc(CCl)c1. The Morgan fingerprint density at radius 2 is 1.90 bits per heavy atom. The lowest BCUT2D eigenvalue weighted by molar-refractivity contribution is 0.0916. The summed E-state index contributed by atoms with van der Waals surface area (Å²) in [6, 6.07) is 16.1. The Bertz CT molecular complexity index is 572. The third-order valence-corrected chi connectivity index (χ3v) is 3.34. The molecule has 104 valence electrons. The average molecular weight is 290 g/mol. The maximum absolute atomic E-state index is 12.2. The first-order valence-corrected chi connectivity index (χ1v) is 6.89. The molecule has 0 aromatic heterocycles. The van der Waals surface area contributed by atoms with Gasteiger partial charge in [-0.1, -0.05) is 42.5 Å². The highest BCUT2D eigenvalue weighted by Crippen LogP contribution is 2.14. The Morgan fingerprint density at radius 1 is 1.15 bits per heavy atom. The molecular weight excluding hydrogens is 274 g/mol. The van der Waals surface area contributed by atoms with Crippen LogP contribution in [0.2, 0.25) is 0 Å². The molecule has 1 amide bonds. The van der Waals surface area contributed by atoms with E-state index in [2.05, 4.69) is 5.32 Å². The van der Waals surface area contributed by atoms with E-state index in [1.54, 1.807) is 18.2 Å². The number of amides is 1. The van der Waals surface area contributed by atoms with Gasteiger partial charge in [0, 0.05) is 11.4 Å². The first kappa shape index (κ1) is 14.6. The van der Waals surface area contributed by atoms with Gasteiger partial charge in [-0.3, -0.25) is 4.79 Å². The number of halogens is 1. The summed E-state index contributed by atoms with van der Waals surface area (Å²) >= 11 is 5.76. The number of hydrogen-bond donors (Lipinski definition) is 2. The van der Waals surface area contributed by atoms with E-state index in [1.165, 1.54) is 0 Å². The van der Waals surface area contributed by atoms with E-state index in [-0.39, 0.29) is 12.5 Å². The van der Waals surface area contributed by atoms with Crippen LogP contribution in [-0.4, -0.2) is 17.6 Å². The number of nitrogens with one attached hydrogen (secondary N) is 1. The minimum Gasteiger partial charge on any atom is -0.394 e. The summed E-state index contributed by atoms with van der Waals surface area (Å²) in [7, 11) is 0. The van der Waals surface area contributed by atoms with Crippen molar-refractivity contribution < 1.29 is 9.90 Å². The Labute approximate surface area is 123 Å². The highest BCUT2D eigenvalue weighted by molar-refractivity contribution is 6.17. The van der Waals surface area contributed by atoms with Gasteiger partial charge in [-0.2, -0.15) is 0 Å². The van der Waals surface area contributed by atoms with E-state index in [9.17, 15) is 9.90 Å². The predicted molar refractivity (Wildman–Crippen MR) is 79.7 cm³/mol. The van der Waals surface area contributed by atoms with Gasteiger partial charge >= 0.3 is 0 Å². The Balaban J connectivity index is 2.13. The molecule has 0 heterocycles. The van der Waals surface area contributed by atoms with Gasteiger partial charge < -0.3 is 10.4 Å². The molecular formula is C16H16ClNO2. The van der Waals surface area contributed by atoms with Gasteiger partial charge in [0.1, 0.15) is 0 Å². The number of aliphatic hydroxyl groups is 1. The van der Waals surface area contributed by atoms with Gasteiger partial charge in [-0.05, 0) is 23.3 Å². The Morgan fingerprint density at radius 3 is 2.55 bits per heavy atom. The van der Waals surface area contributed by atoms with Crippen molar-refractivity contribution in [2.45, 2.75) is 11.9 Å². The molecule has 0 aliphatic carbocycles. The van der Waals surface area contributed by atoms with E-state index < -0.39 is 6.04 Å². The molecule has 1 atom stereocenters. The number of hydrogen-bond acceptors (Lipinski definition) is 2. The molecule has 0 aliphatic rings. The summed E-state index contributed by atoms with van der Waals surface area (Å²) in [6.45, 7) is -0.148. The minimum absolute atomic E-state index is 0.148. The summed E-state index contributed by atoms with van der Waals surface area (Å²) in [5.74, 6) is 0.142. The van der Waals surface area contributed by atoms with Crippen LogP contribution in [0.3, 0.4) is 0 Å². The van der Waals surface area contributed by atoms with Crippen LogP contribution < -0.4 is 5.32 Å². The molecule has 0 radical (unpaired) electrons. The number of carbonyl (C=O) groups is 1. The maximum atomic E-state index is 12.2. The zero-order valence-electron chi connectivity index (χ0n) is 10.9. The van der Waals surface area contributed by atoms with Gasteiger partial charge in [-0.25, -0.2) is 0 Å². The number of aliphatic hydroxyl groups excluding tert-OH is 1. The summed E-state index contributed by atoms with van der Waals surface area (Å²) in [4.78, 5) is 12.2. The lowest BCUT2D eigenvalue weighted by Gasteiger charge is -2.17. The Kier molecular flexibility index (Phi) is 5.16. The second-order valence-electron chi connectivity index (χ2n) is 4.45. The molecule has 4 heteroatoms. The average Bonchev–Trinajstić information content (AvgIpc) is 2.53. The number of rotatable bonds is 5. The molecule has 0 bridgehead atoms. The third-order valence-electron chi connectivity index (χ3n) is 3.03. The molecule has 0 saturated carbocycles. The molecule has 3 nitrogen and oxygen atoms in total. The van der Waals surface area contributed by atoms with Crippen molar-refractivity contribution >= 4 is 17.5 Å². The largest absolute Gasteiger partial charge is 0.394 e. The maximum Gasteiger partial charge on any atom is 0.251 e. The second-order valence-corrected chi connectivity index (χ2v) is 4.72. The van der Waals surface area contributed by atoms with Crippen molar-refractivity contribution in [3.63, 3.8) is 0 Å². The first-order chi connectivity index (χ1) is 9.74. The van der Waals surface area contributed by atoms with Crippen LogP contribution in [-0.2, 0) is 5.88 Å². The molecule has 2 aromatic carbocycles. The molecule has 0 aliphatic heterocycles. The second kappa shape index (κ2) is 7.08. The Hall–Kier alpha value is -1.84. The predicted octanol–water partition coefficient (Wildman–Crippen LogP) is 2.89. The van der Waals surface area contributed by atoms with Crippen LogP contribution in [0.1, 0.15) is 27.5 Å². The normalized spacial score (nSPS) is 11.9. The number of benzene rings is 2. The molecule has 2 aromatic rings. The molecule has 0 fully saturated rings. The summed E-state index contributed by atoms with van der Waals surface area (Å²) in [5.41, 5.74) is 2.30. The van der Waals surface area contributed by atoms with E-state index in [0.29, 0.717) is 11.4 Å².